The Morgan fingerprint density at radius 2 is 0.559 bits per heavy atom. The average Bonchev–Trinajstić information content (AvgIpc) is 0.890. The number of phenolic OH excluding ortho intramolecular Hbond substituents is 7. The van der Waals surface area contributed by atoms with Gasteiger partial charge in [-0.3, -0.25) is 9.28 Å². The van der Waals surface area contributed by atoms with Gasteiger partial charge < -0.3 is 51.7 Å². The topological polar surface area (TPSA) is 228 Å². The summed E-state index contributed by atoms with van der Waals surface area (Å²) in [5.41, 5.74) is 24.8. The van der Waals surface area contributed by atoms with E-state index in [1.165, 1.54) is 29.3 Å². The quantitative estimate of drug-likeness (QED) is 0.0326. The lowest BCUT2D eigenvalue weighted by Gasteiger charge is -2.39. The maximum absolute atomic E-state index is 13.2. The first-order valence-corrected chi connectivity index (χ1v) is 34.3. The number of nitrogens with two attached hydrogens (primary N) is 1. The first-order valence-electron chi connectivity index (χ1n) is 34.3. The zero-order chi connectivity index (χ0) is 73.0. The highest BCUT2D eigenvalue weighted by atomic mass is 16.4. The molecule has 12 aromatic carbocycles. The van der Waals surface area contributed by atoms with Crippen LogP contribution in [0.1, 0.15) is 124 Å². The van der Waals surface area contributed by atoms with Gasteiger partial charge in [-0.15, -0.1) is 5.75 Å². The van der Waals surface area contributed by atoms with E-state index in [2.05, 4.69) is 121 Å². The molecule has 0 aromatic heterocycles. The number of aromatic hydroxyl groups is 7. The summed E-state index contributed by atoms with van der Waals surface area (Å²) in [5, 5.41) is 95.1. The van der Waals surface area contributed by atoms with Crippen molar-refractivity contribution in [3.05, 3.63) is 372 Å². The molecule has 0 heterocycles. The molecular formula is C90H92N2O10. The Labute approximate surface area is 599 Å². The molecule has 1 atom stereocenters. The molecule has 1 unspecified atom stereocenters. The van der Waals surface area contributed by atoms with E-state index in [9.17, 15) is 45.6 Å². The zero-order valence-electron chi connectivity index (χ0n) is 59.1. The molecule has 0 radical (unpaired) electrons. The smallest absolute Gasteiger partial charge is 0.320 e. The summed E-state index contributed by atoms with van der Waals surface area (Å²) in [5.74, 6) is 0.228. The van der Waals surface area contributed by atoms with Crippen LogP contribution in [0.4, 0.5) is 5.69 Å². The minimum absolute atomic E-state index is 0.0813. The Bertz CT molecular complexity index is 4480. The number of hydrogen-bond donors (Lipinski definition) is 9. The lowest BCUT2D eigenvalue weighted by Crippen LogP contribution is -2.47. The van der Waals surface area contributed by atoms with Crippen LogP contribution in [-0.4, -0.2) is 52.9 Å². The van der Waals surface area contributed by atoms with E-state index in [1.807, 2.05) is 139 Å². The Balaban J connectivity index is 0.000000172. The molecule has 522 valence electrons. The molecule has 0 fully saturated rings. The molecule has 0 aliphatic rings. The summed E-state index contributed by atoms with van der Waals surface area (Å²) in [6.45, 7) is 16.1. The van der Waals surface area contributed by atoms with Gasteiger partial charge in [0.2, 0.25) is 0 Å². The Morgan fingerprint density at radius 1 is 0.324 bits per heavy atom. The Morgan fingerprint density at radius 3 is 0.863 bits per heavy atom. The highest BCUT2D eigenvalue weighted by Crippen LogP contribution is 2.38. The second-order valence-corrected chi connectivity index (χ2v) is 26.8. The maximum atomic E-state index is 13.2. The van der Waals surface area contributed by atoms with E-state index in [4.69, 9.17) is 10.8 Å². The second kappa shape index (κ2) is 35.0. The van der Waals surface area contributed by atoms with E-state index in [1.54, 1.807) is 36.4 Å². The SMILES string of the molecule is CC(N)C(=O)O.Cc1ccc(O)c(Cc2cccc(Cc3cc(C)cc(Cc4cc(C)ccc4O)c3O)c2O)c1.Cc1ccc(O)c(Cc2cccc(Cc3cc(C)cc(Cc4cc(C)ccc4O)c3O)c2[O-])c1.c1ccc(C[N+](Cc2ccccc2)(Cc2ccccc2)c2ccccc2)cc1. The van der Waals surface area contributed by atoms with Crippen molar-refractivity contribution in [3.8, 4) is 46.0 Å². The van der Waals surface area contributed by atoms with Crippen LogP contribution in [-0.2, 0) is 63.0 Å². The van der Waals surface area contributed by atoms with Crippen molar-refractivity contribution < 1.29 is 50.8 Å². The van der Waals surface area contributed by atoms with Gasteiger partial charge >= 0.3 is 5.97 Å². The molecular weight excluding hydrogens is 1270 g/mol. The van der Waals surface area contributed by atoms with Gasteiger partial charge in [0.05, 0.1) is 0 Å². The molecule has 0 spiro atoms. The number of phenols is 7. The molecule has 12 heteroatoms. The lowest BCUT2D eigenvalue weighted by atomic mass is 9.93. The summed E-state index contributed by atoms with van der Waals surface area (Å²) in [7, 11) is 0. The van der Waals surface area contributed by atoms with Crippen LogP contribution in [0.15, 0.2) is 255 Å². The molecule has 12 nitrogen and oxygen atoms in total. The minimum Gasteiger partial charge on any atom is -0.872 e. The van der Waals surface area contributed by atoms with E-state index in [-0.39, 0.29) is 46.0 Å². The van der Waals surface area contributed by atoms with Crippen LogP contribution in [0.5, 0.6) is 46.0 Å². The molecule has 0 aliphatic carbocycles. The highest BCUT2D eigenvalue weighted by Gasteiger charge is 2.32. The van der Waals surface area contributed by atoms with Crippen molar-refractivity contribution in [2.45, 2.75) is 113 Å². The number of quaternary nitrogens is 1. The molecule has 0 aliphatic heterocycles. The molecule has 12 rings (SSSR count). The van der Waals surface area contributed by atoms with E-state index >= 15 is 0 Å². The van der Waals surface area contributed by atoms with E-state index in [0.29, 0.717) is 77.5 Å². The van der Waals surface area contributed by atoms with Crippen LogP contribution in [0.2, 0.25) is 0 Å². The van der Waals surface area contributed by atoms with Gasteiger partial charge in [-0.05, 0) is 140 Å². The largest absolute Gasteiger partial charge is 0.872 e. The molecule has 10 N–H and O–H groups in total. The van der Waals surface area contributed by atoms with Crippen molar-refractivity contribution >= 4 is 11.7 Å². The number of nitrogens with zero attached hydrogens (tertiary/aromatic N) is 1. The molecule has 12 aromatic rings. The van der Waals surface area contributed by atoms with E-state index < -0.39 is 12.0 Å². The summed E-state index contributed by atoms with van der Waals surface area (Å²) in [4.78, 5) is 9.57. The van der Waals surface area contributed by atoms with Crippen molar-refractivity contribution in [2.24, 2.45) is 5.73 Å². The number of rotatable bonds is 20. The molecule has 102 heavy (non-hydrogen) atoms. The molecule has 0 saturated carbocycles. The van der Waals surface area contributed by atoms with Gasteiger partial charge in [-0.2, -0.15) is 0 Å². The Kier molecular flexibility index (Phi) is 25.6. The summed E-state index contributed by atoms with van der Waals surface area (Å²) >= 11 is 0. The second-order valence-electron chi connectivity index (χ2n) is 26.8. The van der Waals surface area contributed by atoms with Crippen molar-refractivity contribution in [3.63, 3.8) is 0 Å². The van der Waals surface area contributed by atoms with E-state index in [0.717, 1.165) is 85.3 Å². The van der Waals surface area contributed by atoms with Gasteiger partial charge in [0.15, 0.2) is 0 Å². The maximum Gasteiger partial charge on any atom is 0.320 e. The normalized spacial score (nSPS) is 11.3. The van der Waals surface area contributed by atoms with Crippen LogP contribution >= 0.6 is 0 Å². The fraction of sp³-hybridized carbons (Fsp3) is 0.189. The fourth-order valence-corrected chi connectivity index (χ4v) is 12.9. The number of aliphatic carboxylic acids is 1. The predicted octanol–water partition coefficient (Wildman–Crippen LogP) is 17.8. The first-order chi connectivity index (χ1) is 48.9. The molecule has 0 saturated heterocycles. The monoisotopic (exact) mass is 1360 g/mol. The van der Waals surface area contributed by atoms with Crippen molar-refractivity contribution in [1.82, 2.24) is 4.48 Å². The van der Waals surface area contributed by atoms with Crippen LogP contribution in [0.3, 0.4) is 0 Å². The average molecular weight is 1360 g/mol. The number of aryl methyl sites for hydroxylation is 6. The lowest BCUT2D eigenvalue weighted by molar-refractivity contribution is -0.270. The summed E-state index contributed by atoms with van der Waals surface area (Å²) in [6.07, 6.45) is 2.22. The molecule has 0 bridgehead atoms. The first kappa shape index (κ1) is 74.6. The third-order valence-electron chi connectivity index (χ3n) is 18.1. The Hall–Kier alpha value is -11.6. The number of carboxylic acid groups (broad SMARTS) is 1. The number of hydrogen-bond acceptors (Lipinski definition) is 10. The number of benzene rings is 12. The van der Waals surface area contributed by atoms with Gasteiger partial charge in [-0.25, -0.2) is 0 Å². The van der Waals surface area contributed by atoms with Gasteiger partial charge in [0, 0.05) is 55.2 Å². The fourth-order valence-electron chi connectivity index (χ4n) is 12.9. The zero-order valence-corrected chi connectivity index (χ0v) is 59.1. The third kappa shape index (κ3) is 20.5. The van der Waals surface area contributed by atoms with Crippen molar-refractivity contribution in [1.29, 1.82) is 0 Å². The third-order valence-corrected chi connectivity index (χ3v) is 18.1. The van der Waals surface area contributed by atoms with Gasteiger partial charge in [-0.1, -0.05) is 263 Å². The van der Waals surface area contributed by atoms with Crippen LogP contribution in [0, 0.1) is 41.5 Å². The number of para-hydroxylation sites is 3. The number of carboxylic acids is 1. The minimum atomic E-state index is -0.963. The summed E-state index contributed by atoms with van der Waals surface area (Å²) < 4.78 is 0.860. The highest BCUT2D eigenvalue weighted by molar-refractivity contribution is 5.72. The summed E-state index contributed by atoms with van der Waals surface area (Å²) in [6, 6.07) is 83.1. The standard InChI is InChI=1S/2C30H30O4.C27H26N.C3H7NO2/c2*1-18-7-9-27(31)23(11-18)15-21-5-4-6-22(29(21)33)16-25-13-20(3)14-26(30(25)34)17-24-12-19(2)8-10-28(24)32;1-5-13-24(14-6-1)21-28(27-19-11-4-12-20-27,22-25-15-7-2-8-16-25)23-26-17-9-3-10-18-26;1-2(4)3(5)6/h2*4-14,31-34H,15-17H2,1-3H3;1-20H,21-23H2;2H,4H2,1H3,(H,5,6)/q;;+1;/p-1. The van der Waals surface area contributed by atoms with Crippen molar-refractivity contribution in [2.75, 3.05) is 0 Å². The van der Waals surface area contributed by atoms with Gasteiger partial charge in [0.25, 0.3) is 0 Å². The molecule has 0 amide bonds. The van der Waals surface area contributed by atoms with Gasteiger partial charge in [0.1, 0.15) is 71.6 Å². The van der Waals surface area contributed by atoms with Crippen LogP contribution < -0.4 is 15.3 Å². The number of carbonyl (C=O) groups is 1. The predicted molar refractivity (Wildman–Crippen MR) is 408 cm³/mol. The van der Waals surface area contributed by atoms with Crippen LogP contribution in [0.25, 0.3) is 0 Å².